The van der Waals surface area contributed by atoms with Crippen LogP contribution in [0.5, 0.6) is 5.75 Å². The summed E-state index contributed by atoms with van der Waals surface area (Å²) < 4.78 is 5.26. The van der Waals surface area contributed by atoms with Gasteiger partial charge in [0.15, 0.2) is 0 Å². The van der Waals surface area contributed by atoms with Crippen LogP contribution in [-0.2, 0) is 11.3 Å². The molecule has 2 atom stereocenters. The van der Waals surface area contributed by atoms with Gasteiger partial charge in [0.25, 0.3) is 0 Å². The maximum Gasteiger partial charge on any atom is 0.227 e. The third kappa shape index (κ3) is 3.94. The van der Waals surface area contributed by atoms with Gasteiger partial charge in [0, 0.05) is 29.1 Å². The van der Waals surface area contributed by atoms with Crippen molar-refractivity contribution in [3.63, 3.8) is 0 Å². The fourth-order valence-electron chi connectivity index (χ4n) is 4.34. The van der Waals surface area contributed by atoms with Crippen molar-refractivity contribution in [2.45, 2.75) is 50.7 Å². The van der Waals surface area contributed by atoms with E-state index in [1.807, 2.05) is 35.2 Å². The van der Waals surface area contributed by atoms with Crippen LogP contribution in [-0.4, -0.2) is 25.1 Å². The molecule has 2 aliphatic heterocycles. The van der Waals surface area contributed by atoms with E-state index in [9.17, 15) is 4.79 Å². The Kier molecular flexibility index (Phi) is 5.27. The molecule has 0 spiro atoms. The van der Waals surface area contributed by atoms with Crippen molar-refractivity contribution >= 4 is 22.9 Å². The van der Waals surface area contributed by atoms with Crippen molar-refractivity contribution < 1.29 is 9.53 Å². The van der Waals surface area contributed by atoms with Gasteiger partial charge >= 0.3 is 0 Å². The van der Waals surface area contributed by atoms with Crippen LogP contribution in [0.1, 0.15) is 37.0 Å². The number of rotatable bonds is 6. The highest BCUT2D eigenvalue weighted by Gasteiger charge is 2.35. The molecule has 2 fully saturated rings. The molecule has 1 N–H and O–H groups in total. The fourth-order valence-corrected chi connectivity index (χ4v) is 5.04. The number of carbonyl (C=O) groups is 1. The molecule has 2 saturated heterocycles. The minimum atomic E-state index is 0.231. The molecule has 0 saturated carbocycles. The molecular formula is C21H26N2O2S. The van der Waals surface area contributed by atoms with Gasteiger partial charge in [-0.2, -0.15) is 0 Å². The zero-order valence-electron chi connectivity index (χ0n) is 15.2. The van der Waals surface area contributed by atoms with E-state index in [0.29, 0.717) is 31.0 Å². The summed E-state index contributed by atoms with van der Waals surface area (Å²) in [7, 11) is 1.66. The summed E-state index contributed by atoms with van der Waals surface area (Å²) in [5, 5.41) is 5.73. The first-order valence-corrected chi connectivity index (χ1v) is 10.3. The molecule has 4 nitrogen and oxygen atoms in total. The molecular weight excluding hydrogens is 344 g/mol. The van der Waals surface area contributed by atoms with Gasteiger partial charge in [0.05, 0.1) is 13.7 Å². The van der Waals surface area contributed by atoms with Gasteiger partial charge in [-0.05, 0) is 67.3 Å². The largest absolute Gasteiger partial charge is 0.497 e. The van der Waals surface area contributed by atoms with Gasteiger partial charge in [0.1, 0.15) is 5.75 Å². The Balaban J connectivity index is 1.50. The fraction of sp³-hybridized carbons (Fsp3) is 0.476. The van der Waals surface area contributed by atoms with E-state index in [0.717, 1.165) is 24.3 Å². The van der Waals surface area contributed by atoms with E-state index in [2.05, 4.69) is 16.8 Å². The molecule has 4 rings (SSSR count). The predicted octanol–water partition coefficient (Wildman–Crippen LogP) is 4.21. The lowest BCUT2D eigenvalue weighted by Gasteiger charge is -2.31. The summed E-state index contributed by atoms with van der Waals surface area (Å²) in [6, 6.07) is 13.2. The molecule has 138 valence electrons. The monoisotopic (exact) mass is 370 g/mol. The van der Waals surface area contributed by atoms with Gasteiger partial charge in [-0.15, -0.1) is 11.3 Å². The number of benzene rings is 1. The molecule has 26 heavy (non-hydrogen) atoms. The van der Waals surface area contributed by atoms with Crippen molar-refractivity contribution in [1.82, 2.24) is 5.32 Å². The number of carbonyl (C=O) groups excluding carboxylic acids is 1. The van der Waals surface area contributed by atoms with E-state index < -0.39 is 0 Å². The second-order valence-electron chi connectivity index (χ2n) is 7.44. The van der Waals surface area contributed by atoms with E-state index in [1.54, 1.807) is 18.4 Å². The van der Waals surface area contributed by atoms with Crippen molar-refractivity contribution in [3.05, 3.63) is 46.7 Å². The van der Waals surface area contributed by atoms with E-state index in [1.165, 1.54) is 17.7 Å². The second-order valence-corrected chi connectivity index (χ2v) is 8.47. The predicted molar refractivity (Wildman–Crippen MR) is 106 cm³/mol. The number of hydrogen-bond donors (Lipinski definition) is 1. The number of thiophene rings is 1. The average Bonchev–Trinajstić information content (AvgIpc) is 3.29. The zero-order chi connectivity index (χ0) is 17.9. The van der Waals surface area contributed by atoms with Crippen molar-refractivity contribution in [2.75, 3.05) is 12.0 Å². The van der Waals surface area contributed by atoms with Crippen LogP contribution < -0.4 is 15.0 Å². The number of anilines is 1. The van der Waals surface area contributed by atoms with Crippen LogP contribution in [0.4, 0.5) is 5.69 Å². The molecule has 2 unspecified atom stereocenters. The van der Waals surface area contributed by atoms with Crippen molar-refractivity contribution in [2.24, 2.45) is 5.92 Å². The zero-order valence-corrected chi connectivity index (χ0v) is 16.0. The lowest BCUT2D eigenvalue weighted by molar-refractivity contribution is -0.119. The summed E-state index contributed by atoms with van der Waals surface area (Å²) in [6.45, 7) is 0.640. The van der Waals surface area contributed by atoms with Crippen LogP contribution in [0.25, 0.3) is 0 Å². The number of hydrogen-bond acceptors (Lipinski definition) is 4. The number of nitrogens with one attached hydrogen (secondary N) is 1. The quantitative estimate of drug-likeness (QED) is 0.828. The first-order valence-electron chi connectivity index (χ1n) is 9.44. The molecule has 3 heterocycles. The molecule has 2 bridgehead atoms. The lowest BCUT2D eigenvalue weighted by Crippen LogP contribution is -2.40. The molecule has 1 aromatic heterocycles. The summed E-state index contributed by atoms with van der Waals surface area (Å²) in [5.74, 6) is 1.55. The van der Waals surface area contributed by atoms with Crippen molar-refractivity contribution in [1.29, 1.82) is 0 Å². The van der Waals surface area contributed by atoms with Gasteiger partial charge in [-0.3, -0.25) is 4.79 Å². The highest BCUT2D eigenvalue weighted by molar-refractivity contribution is 7.09. The topological polar surface area (TPSA) is 41.6 Å². The Bertz CT molecular complexity index is 717. The Morgan fingerprint density at radius 1 is 1.19 bits per heavy atom. The highest BCUT2D eigenvalue weighted by Crippen LogP contribution is 2.34. The van der Waals surface area contributed by atoms with E-state index in [4.69, 9.17) is 4.74 Å². The minimum absolute atomic E-state index is 0.231. The highest BCUT2D eigenvalue weighted by atomic mass is 32.1. The maximum atomic E-state index is 13.2. The summed E-state index contributed by atoms with van der Waals surface area (Å²) in [5.41, 5.74) is 0.945. The van der Waals surface area contributed by atoms with Gasteiger partial charge < -0.3 is 15.0 Å². The smallest absolute Gasteiger partial charge is 0.227 e. The molecule has 0 aliphatic carbocycles. The average molecular weight is 371 g/mol. The van der Waals surface area contributed by atoms with E-state index in [-0.39, 0.29) is 5.91 Å². The minimum Gasteiger partial charge on any atom is -0.497 e. The Labute approximate surface area is 159 Å². The molecule has 0 radical (unpaired) electrons. The first-order chi connectivity index (χ1) is 12.7. The SMILES string of the molecule is COc1ccc(N(Cc2cccs2)C(=O)CC2CC3CCC(C2)N3)cc1. The molecule has 2 aliphatic rings. The number of fused-ring (bicyclic) bond motifs is 2. The summed E-state index contributed by atoms with van der Waals surface area (Å²) >= 11 is 1.70. The van der Waals surface area contributed by atoms with Crippen LogP contribution in [0.2, 0.25) is 0 Å². The number of ether oxygens (including phenoxy) is 1. The van der Waals surface area contributed by atoms with Gasteiger partial charge in [0.2, 0.25) is 5.91 Å². The number of piperidine rings is 1. The first kappa shape index (κ1) is 17.6. The number of amides is 1. The Morgan fingerprint density at radius 2 is 1.92 bits per heavy atom. The second kappa shape index (κ2) is 7.80. The van der Waals surface area contributed by atoms with Gasteiger partial charge in [-0.25, -0.2) is 0 Å². The number of methoxy groups -OCH3 is 1. The van der Waals surface area contributed by atoms with Crippen LogP contribution in [0.3, 0.4) is 0 Å². The summed E-state index contributed by atoms with van der Waals surface area (Å²) in [4.78, 5) is 16.4. The van der Waals surface area contributed by atoms with Gasteiger partial charge in [-0.1, -0.05) is 6.07 Å². The third-order valence-corrected chi connectivity index (χ3v) is 6.47. The molecule has 1 aromatic carbocycles. The Hall–Kier alpha value is -1.85. The number of nitrogens with zero attached hydrogens (tertiary/aromatic N) is 1. The van der Waals surface area contributed by atoms with Crippen LogP contribution in [0, 0.1) is 5.92 Å². The molecule has 5 heteroatoms. The van der Waals surface area contributed by atoms with Crippen LogP contribution in [0.15, 0.2) is 41.8 Å². The lowest BCUT2D eigenvalue weighted by atomic mass is 9.89. The van der Waals surface area contributed by atoms with E-state index >= 15 is 0 Å². The van der Waals surface area contributed by atoms with Crippen molar-refractivity contribution in [3.8, 4) is 5.75 Å². The molecule has 1 amide bonds. The third-order valence-electron chi connectivity index (χ3n) is 5.61. The molecule has 2 aromatic rings. The normalized spacial score (nSPS) is 24.4. The van der Waals surface area contributed by atoms with Crippen LogP contribution >= 0.6 is 11.3 Å². The maximum absolute atomic E-state index is 13.2. The Morgan fingerprint density at radius 3 is 2.54 bits per heavy atom. The summed E-state index contributed by atoms with van der Waals surface area (Å²) in [6.07, 6.45) is 5.46. The standard InChI is InChI=1S/C21H26N2O2S/c1-25-19-8-6-18(7-9-19)23(14-20-3-2-10-26-20)21(24)13-15-11-16-4-5-17(12-15)22-16/h2-3,6-10,15-17,22H,4-5,11-14H2,1H3.